The van der Waals surface area contributed by atoms with E-state index in [2.05, 4.69) is 18.7 Å². The van der Waals surface area contributed by atoms with Gasteiger partial charge in [0.25, 0.3) is 0 Å². The van der Waals surface area contributed by atoms with Gasteiger partial charge in [0.15, 0.2) is 0 Å². The number of nitrogens with zero attached hydrogens (tertiary/aromatic N) is 1. The molecule has 2 N–H and O–H groups in total. The summed E-state index contributed by atoms with van der Waals surface area (Å²) >= 11 is 0. The van der Waals surface area contributed by atoms with Gasteiger partial charge in [-0.1, -0.05) is 13.8 Å². The highest BCUT2D eigenvalue weighted by Crippen LogP contribution is 2.15. The highest BCUT2D eigenvalue weighted by atomic mass is 35.5. The van der Waals surface area contributed by atoms with E-state index in [-0.39, 0.29) is 24.2 Å². The smallest absolute Gasteiger partial charge is 0.223 e. The average Bonchev–Trinajstić information content (AvgIpc) is 1.82. The van der Waals surface area contributed by atoms with Gasteiger partial charge >= 0.3 is 0 Å². The van der Waals surface area contributed by atoms with Crippen molar-refractivity contribution >= 4 is 18.3 Å². The van der Waals surface area contributed by atoms with Crippen LogP contribution in [0.15, 0.2) is 0 Å². The van der Waals surface area contributed by atoms with Gasteiger partial charge in [-0.15, -0.1) is 12.4 Å². The molecule has 4 heteroatoms. The number of likely N-dealkylation sites (tertiary alicyclic amines) is 1. The minimum atomic E-state index is -0.143. The second kappa shape index (κ2) is 5.45. The molecule has 0 radical (unpaired) electrons. The molecule has 0 spiro atoms. The van der Waals surface area contributed by atoms with Gasteiger partial charge in [0.05, 0.1) is 5.92 Å². The summed E-state index contributed by atoms with van der Waals surface area (Å²) in [6.45, 7) is 7.29. The van der Waals surface area contributed by atoms with Gasteiger partial charge in [0, 0.05) is 13.1 Å². The monoisotopic (exact) mass is 206 g/mol. The number of carbonyl (C=O) groups is 1. The van der Waals surface area contributed by atoms with Gasteiger partial charge in [-0.25, -0.2) is 0 Å². The third-order valence-corrected chi connectivity index (χ3v) is 2.38. The molecular weight excluding hydrogens is 188 g/mol. The predicted octanol–water partition coefficient (Wildman–Crippen LogP) is 0.871. The Morgan fingerprint density at radius 2 is 2.08 bits per heavy atom. The molecule has 0 aromatic rings. The van der Waals surface area contributed by atoms with E-state index >= 15 is 0 Å². The van der Waals surface area contributed by atoms with E-state index in [9.17, 15) is 4.79 Å². The molecule has 3 nitrogen and oxygen atoms in total. The van der Waals surface area contributed by atoms with Crippen molar-refractivity contribution in [3.63, 3.8) is 0 Å². The summed E-state index contributed by atoms with van der Waals surface area (Å²) in [5.41, 5.74) is 5.15. The van der Waals surface area contributed by atoms with Crippen molar-refractivity contribution in [1.29, 1.82) is 0 Å². The van der Waals surface area contributed by atoms with Crippen molar-refractivity contribution in [2.45, 2.75) is 20.3 Å². The minimum Gasteiger partial charge on any atom is -0.369 e. The highest BCUT2D eigenvalue weighted by Gasteiger charge is 2.30. The summed E-state index contributed by atoms with van der Waals surface area (Å²) in [6, 6.07) is 0. The van der Waals surface area contributed by atoms with E-state index in [0.717, 1.165) is 25.6 Å². The molecule has 78 valence electrons. The molecule has 0 atom stereocenters. The van der Waals surface area contributed by atoms with E-state index in [1.165, 1.54) is 6.42 Å². The van der Waals surface area contributed by atoms with Crippen LogP contribution in [0.5, 0.6) is 0 Å². The predicted molar refractivity (Wildman–Crippen MR) is 55.8 cm³/mol. The number of rotatable bonds is 4. The first-order valence-corrected chi connectivity index (χ1v) is 4.61. The topological polar surface area (TPSA) is 46.3 Å². The van der Waals surface area contributed by atoms with E-state index in [0.29, 0.717) is 0 Å². The summed E-state index contributed by atoms with van der Waals surface area (Å²) in [7, 11) is 0. The molecule has 1 saturated heterocycles. The number of hydrogen-bond acceptors (Lipinski definition) is 2. The van der Waals surface area contributed by atoms with E-state index in [1.807, 2.05) is 0 Å². The Morgan fingerprint density at radius 3 is 2.46 bits per heavy atom. The molecule has 1 amide bonds. The summed E-state index contributed by atoms with van der Waals surface area (Å²) in [5.74, 6) is 0.727. The number of halogens is 1. The van der Waals surface area contributed by atoms with Crippen molar-refractivity contribution < 1.29 is 4.79 Å². The Bertz CT molecular complexity index is 167. The molecule has 0 aliphatic carbocycles. The Morgan fingerprint density at radius 1 is 1.54 bits per heavy atom. The fourth-order valence-corrected chi connectivity index (χ4v) is 1.37. The third-order valence-electron chi connectivity index (χ3n) is 2.38. The fourth-order valence-electron chi connectivity index (χ4n) is 1.37. The normalized spacial score (nSPS) is 18.1. The highest BCUT2D eigenvalue weighted by molar-refractivity contribution is 5.85. The molecule has 0 aromatic carbocycles. The standard InChI is InChI=1S/C9H18N2O.ClH/c1-7(2)3-4-11-5-8(6-11)9(10)12;/h7-8H,3-6H2,1-2H3,(H2,10,12);1H. The van der Waals surface area contributed by atoms with Crippen LogP contribution in [0.3, 0.4) is 0 Å². The molecule has 0 aromatic heterocycles. The second-order valence-electron chi connectivity index (χ2n) is 4.04. The summed E-state index contributed by atoms with van der Waals surface area (Å²) in [6.07, 6.45) is 1.21. The van der Waals surface area contributed by atoms with Gasteiger partial charge < -0.3 is 10.6 Å². The van der Waals surface area contributed by atoms with Crippen molar-refractivity contribution in [2.75, 3.05) is 19.6 Å². The molecule has 1 heterocycles. The van der Waals surface area contributed by atoms with Crippen LogP contribution < -0.4 is 5.73 Å². The maximum Gasteiger partial charge on any atom is 0.223 e. The van der Waals surface area contributed by atoms with Crippen LogP contribution >= 0.6 is 12.4 Å². The Kier molecular flexibility index (Phi) is 5.33. The van der Waals surface area contributed by atoms with Crippen molar-refractivity contribution in [1.82, 2.24) is 4.90 Å². The molecule has 0 unspecified atom stereocenters. The second-order valence-corrected chi connectivity index (χ2v) is 4.04. The van der Waals surface area contributed by atoms with Crippen molar-refractivity contribution in [3.8, 4) is 0 Å². The number of nitrogens with two attached hydrogens (primary N) is 1. The molecule has 13 heavy (non-hydrogen) atoms. The Balaban J connectivity index is 0.00000144. The Labute approximate surface area is 86.1 Å². The minimum absolute atomic E-state index is 0. The first-order chi connectivity index (χ1) is 5.59. The van der Waals surface area contributed by atoms with Gasteiger partial charge in [0.1, 0.15) is 0 Å². The van der Waals surface area contributed by atoms with Crippen LogP contribution in [0.4, 0.5) is 0 Å². The van der Waals surface area contributed by atoms with Crippen LogP contribution in [0.25, 0.3) is 0 Å². The SMILES string of the molecule is CC(C)CCN1CC(C(N)=O)C1.Cl. The van der Waals surface area contributed by atoms with Crippen LogP contribution in [0.1, 0.15) is 20.3 Å². The lowest BCUT2D eigenvalue weighted by atomic mass is 9.98. The fraction of sp³-hybridized carbons (Fsp3) is 0.889. The lowest BCUT2D eigenvalue weighted by molar-refractivity contribution is -0.126. The number of amides is 1. The molecular formula is C9H19ClN2O. The molecule has 1 aliphatic heterocycles. The van der Waals surface area contributed by atoms with E-state index < -0.39 is 0 Å². The van der Waals surface area contributed by atoms with E-state index in [1.54, 1.807) is 0 Å². The number of primary amides is 1. The first kappa shape index (κ1) is 12.7. The van der Waals surface area contributed by atoms with Gasteiger partial charge in [-0.2, -0.15) is 0 Å². The quantitative estimate of drug-likeness (QED) is 0.742. The van der Waals surface area contributed by atoms with E-state index in [4.69, 9.17) is 5.73 Å². The largest absolute Gasteiger partial charge is 0.369 e. The lowest BCUT2D eigenvalue weighted by Gasteiger charge is -2.37. The first-order valence-electron chi connectivity index (χ1n) is 4.61. The van der Waals surface area contributed by atoms with Crippen molar-refractivity contribution in [3.05, 3.63) is 0 Å². The maximum absolute atomic E-state index is 10.7. The summed E-state index contributed by atoms with van der Waals surface area (Å²) in [5, 5.41) is 0. The van der Waals surface area contributed by atoms with Gasteiger partial charge in [-0.05, 0) is 18.9 Å². The molecule has 0 bridgehead atoms. The van der Waals surface area contributed by atoms with Crippen LogP contribution in [-0.2, 0) is 4.79 Å². The molecule has 1 fully saturated rings. The zero-order valence-electron chi connectivity index (χ0n) is 8.32. The zero-order valence-corrected chi connectivity index (χ0v) is 9.14. The van der Waals surface area contributed by atoms with Crippen LogP contribution in [-0.4, -0.2) is 30.4 Å². The maximum atomic E-state index is 10.7. The molecule has 1 aliphatic rings. The number of hydrogen-bond donors (Lipinski definition) is 1. The summed E-state index contributed by atoms with van der Waals surface area (Å²) in [4.78, 5) is 12.9. The summed E-state index contributed by atoms with van der Waals surface area (Å²) < 4.78 is 0. The van der Waals surface area contributed by atoms with Gasteiger partial charge in [-0.3, -0.25) is 4.79 Å². The average molecular weight is 207 g/mol. The third kappa shape index (κ3) is 3.96. The van der Waals surface area contributed by atoms with Crippen molar-refractivity contribution in [2.24, 2.45) is 17.6 Å². The molecule has 0 saturated carbocycles. The molecule has 1 rings (SSSR count). The number of carbonyl (C=O) groups excluding carboxylic acids is 1. The lowest BCUT2D eigenvalue weighted by Crippen LogP contribution is -2.52. The Hall–Kier alpha value is -0.280. The van der Waals surface area contributed by atoms with Gasteiger partial charge in [0.2, 0.25) is 5.91 Å². The zero-order chi connectivity index (χ0) is 9.14. The van der Waals surface area contributed by atoms with Crippen LogP contribution in [0.2, 0.25) is 0 Å². The van der Waals surface area contributed by atoms with Crippen LogP contribution in [0, 0.1) is 11.8 Å².